The van der Waals surface area contributed by atoms with Crippen LogP contribution in [0.25, 0.3) is 0 Å². The molecule has 1 saturated carbocycles. The summed E-state index contributed by atoms with van der Waals surface area (Å²) < 4.78 is 5.12. The molecule has 1 aliphatic carbocycles. The smallest absolute Gasteiger partial charge is 0.197 e. The molecule has 2 unspecified atom stereocenters. The molecule has 2 heteroatoms. The first-order valence-electron chi connectivity index (χ1n) is 3.27. The molecule has 0 N–H and O–H groups in total. The van der Waals surface area contributed by atoms with Crippen molar-refractivity contribution >= 4 is 0 Å². The Morgan fingerprint density at radius 3 is 3.00 bits per heavy atom. The average Bonchev–Trinajstić information content (AvgIpc) is 2.44. The first kappa shape index (κ1) is 5.03. The fourth-order valence-electron chi connectivity index (χ4n) is 1.08. The van der Waals surface area contributed by atoms with Crippen LogP contribution >= 0.6 is 0 Å². The maximum Gasteiger partial charge on any atom is 0.197 e. The van der Waals surface area contributed by atoms with Crippen molar-refractivity contribution in [2.45, 2.75) is 19.3 Å². The minimum Gasteiger partial charge on any atom is -0.449 e. The van der Waals surface area contributed by atoms with Crippen molar-refractivity contribution in [2.24, 2.45) is 5.92 Å². The molecular weight excluding hydrogens is 114 g/mol. The normalized spacial score (nSPS) is 32.6. The van der Waals surface area contributed by atoms with E-state index in [0.717, 1.165) is 11.8 Å². The highest BCUT2D eigenvalue weighted by Crippen LogP contribution is 2.45. The van der Waals surface area contributed by atoms with Crippen molar-refractivity contribution in [3.05, 3.63) is 18.4 Å². The highest BCUT2D eigenvalue weighted by molar-refractivity contribution is 5.04. The number of aromatic nitrogens is 1. The predicted octanol–water partition coefficient (Wildman–Crippen LogP) is 1.80. The van der Waals surface area contributed by atoms with Gasteiger partial charge in [0.15, 0.2) is 5.89 Å². The SMILES string of the molecule is CC1CC1c1ncco1. The van der Waals surface area contributed by atoms with Gasteiger partial charge in [-0.25, -0.2) is 4.98 Å². The third kappa shape index (κ3) is 0.745. The van der Waals surface area contributed by atoms with Crippen molar-refractivity contribution < 1.29 is 4.42 Å². The molecule has 0 bridgehead atoms. The van der Waals surface area contributed by atoms with Crippen LogP contribution < -0.4 is 0 Å². The van der Waals surface area contributed by atoms with E-state index in [0.29, 0.717) is 5.92 Å². The monoisotopic (exact) mass is 123 g/mol. The van der Waals surface area contributed by atoms with Crippen LogP contribution in [-0.4, -0.2) is 4.98 Å². The van der Waals surface area contributed by atoms with Gasteiger partial charge >= 0.3 is 0 Å². The number of nitrogens with zero attached hydrogens (tertiary/aromatic N) is 1. The Morgan fingerprint density at radius 2 is 2.56 bits per heavy atom. The maximum absolute atomic E-state index is 5.12. The lowest BCUT2D eigenvalue weighted by Gasteiger charge is -1.84. The van der Waals surface area contributed by atoms with E-state index in [1.54, 1.807) is 12.5 Å². The summed E-state index contributed by atoms with van der Waals surface area (Å²) >= 11 is 0. The number of hydrogen-bond donors (Lipinski definition) is 0. The molecular formula is C7H9NO. The largest absolute Gasteiger partial charge is 0.449 e. The van der Waals surface area contributed by atoms with Crippen molar-refractivity contribution in [2.75, 3.05) is 0 Å². The van der Waals surface area contributed by atoms with E-state index >= 15 is 0 Å². The summed E-state index contributed by atoms with van der Waals surface area (Å²) in [6.45, 7) is 2.22. The van der Waals surface area contributed by atoms with Crippen LogP contribution in [-0.2, 0) is 0 Å². The van der Waals surface area contributed by atoms with Gasteiger partial charge in [-0.15, -0.1) is 0 Å². The molecule has 0 saturated heterocycles. The molecule has 1 heterocycles. The fraction of sp³-hybridized carbons (Fsp3) is 0.571. The van der Waals surface area contributed by atoms with Crippen LogP contribution in [0.5, 0.6) is 0 Å². The third-order valence-electron chi connectivity index (χ3n) is 1.88. The van der Waals surface area contributed by atoms with Gasteiger partial charge in [0.2, 0.25) is 0 Å². The Hall–Kier alpha value is -0.790. The molecule has 2 rings (SSSR count). The summed E-state index contributed by atoms with van der Waals surface area (Å²) in [4.78, 5) is 4.06. The highest BCUT2D eigenvalue weighted by Gasteiger charge is 2.37. The van der Waals surface area contributed by atoms with Gasteiger partial charge in [-0.2, -0.15) is 0 Å². The summed E-state index contributed by atoms with van der Waals surface area (Å²) in [5.74, 6) is 2.34. The van der Waals surface area contributed by atoms with Crippen molar-refractivity contribution in [1.29, 1.82) is 0 Å². The van der Waals surface area contributed by atoms with Crippen LogP contribution in [0.1, 0.15) is 25.2 Å². The Kier molecular flexibility index (Phi) is 0.891. The molecule has 9 heavy (non-hydrogen) atoms. The topological polar surface area (TPSA) is 26.0 Å². The van der Waals surface area contributed by atoms with Crippen molar-refractivity contribution in [3.63, 3.8) is 0 Å². The molecule has 1 fully saturated rings. The van der Waals surface area contributed by atoms with Gasteiger partial charge in [-0.1, -0.05) is 6.92 Å². The minimum atomic E-state index is 0.625. The van der Waals surface area contributed by atoms with Gasteiger partial charge in [0.25, 0.3) is 0 Å². The zero-order chi connectivity index (χ0) is 6.27. The zero-order valence-electron chi connectivity index (χ0n) is 5.37. The molecule has 1 aromatic rings. The van der Waals surface area contributed by atoms with Crippen LogP contribution in [0, 0.1) is 5.92 Å². The standard InChI is InChI=1S/C7H9NO/c1-5-4-6(5)7-8-2-3-9-7/h2-3,5-6H,4H2,1H3. The Bertz CT molecular complexity index is 193. The number of oxazole rings is 1. The van der Waals surface area contributed by atoms with Crippen LogP contribution in [0.2, 0.25) is 0 Å². The van der Waals surface area contributed by atoms with Gasteiger partial charge in [0.05, 0.1) is 6.20 Å². The molecule has 2 atom stereocenters. The van der Waals surface area contributed by atoms with Crippen LogP contribution in [0.15, 0.2) is 16.9 Å². The highest BCUT2D eigenvalue weighted by atomic mass is 16.3. The summed E-state index contributed by atoms with van der Waals surface area (Å²) in [6.07, 6.45) is 4.60. The summed E-state index contributed by atoms with van der Waals surface area (Å²) in [5, 5.41) is 0. The van der Waals surface area contributed by atoms with E-state index in [1.165, 1.54) is 6.42 Å². The molecule has 1 aliphatic rings. The maximum atomic E-state index is 5.12. The lowest BCUT2D eigenvalue weighted by Crippen LogP contribution is -1.77. The van der Waals surface area contributed by atoms with Gasteiger partial charge < -0.3 is 4.42 Å². The summed E-state index contributed by atoms with van der Waals surface area (Å²) in [6, 6.07) is 0. The third-order valence-corrected chi connectivity index (χ3v) is 1.88. The predicted molar refractivity (Wildman–Crippen MR) is 33.0 cm³/mol. The quantitative estimate of drug-likeness (QED) is 0.569. The molecule has 1 aromatic heterocycles. The molecule has 0 amide bonds. The average molecular weight is 123 g/mol. The van der Waals surface area contributed by atoms with Crippen LogP contribution in [0.3, 0.4) is 0 Å². The van der Waals surface area contributed by atoms with E-state index in [-0.39, 0.29) is 0 Å². The first-order chi connectivity index (χ1) is 4.38. The summed E-state index contributed by atoms with van der Waals surface area (Å²) in [7, 11) is 0. The molecule has 0 aromatic carbocycles. The molecule has 0 radical (unpaired) electrons. The van der Waals surface area contributed by atoms with E-state index in [1.807, 2.05) is 0 Å². The second-order valence-electron chi connectivity index (χ2n) is 2.69. The van der Waals surface area contributed by atoms with E-state index in [4.69, 9.17) is 4.42 Å². The number of rotatable bonds is 1. The van der Waals surface area contributed by atoms with Gasteiger partial charge in [0.1, 0.15) is 6.26 Å². The molecule has 2 nitrogen and oxygen atoms in total. The number of hydrogen-bond acceptors (Lipinski definition) is 2. The summed E-state index contributed by atoms with van der Waals surface area (Å²) in [5.41, 5.74) is 0. The first-order valence-corrected chi connectivity index (χ1v) is 3.27. The van der Waals surface area contributed by atoms with Gasteiger partial charge in [-0.3, -0.25) is 0 Å². The van der Waals surface area contributed by atoms with Crippen molar-refractivity contribution in [3.8, 4) is 0 Å². The van der Waals surface area contributed by atoms with Crippen LogP contribution in [0.4, 0.5) is 0 Å². The van der Waals surface area contributed by atoms with E-state index in [9.17, 15) is 0 Å². The molecule has 0 spiro atoms. The van der Waals surface area contributed by atoms with E-state index < -0.39 is 0 Å². The Labute approximate surface area is 53.9 Å². The zero-order valence-corrected chi connectivity index (χ0v) is 5.37. The van der Waals surface area contributed by atoms with Crippen molar-refractivity contribution in [1.82, 2.24) is 4.98 Å². The molecule has 48 valence electrons. The molecule has 0 aliphatic heterocycles. The minimum absolute atomic E-state index is 0.625. The lowest BCUT2D eigenvalue weighted by molar-refractivity contribution is 0.491. The Morgan fingerprint density at radius 1 is 1.78 bits per heavy atom. The Balaban J connectivity index is 2.18. The second kappa shape index (κ2) is 1.59. The second-order valence-corrected chi connectivity index (χ2v) is 2.69. The fourth-order valence-corrected chi connectivity index (χ4v) is 1.08. The van der Waals surface area contributed by atoms with Gasteiger partial charge in [0, 0.05) is 5.92 Å². The van der Waals surface area contributed by atoms with Gasteiger partial charge in [-0.05, 0) is 12.3 Å². The van der Waals surface area contributed by atoms with E-state index in [2.05, 4.69) is 11.9 Å². The lowest BCUT2D eigenvalue weighted by atomic mass is 10.3.